The Kier molecular flexibility index (Phi) is 6.00. The minimum Gasteiger partial charge on any atom is -0.345 e. The summed E-state index contributed by atoms with van der Waals surface area (Å²) in [6.07, 6.45) is 4.03. The fourth-order valence-corrected chi connectivity index (χ4v) is 4.02. The number of thiazole rings is 2. The van der Waals surface area contributed by atoms with Crippen LogP contribution >= 0.6 is 34.4 Å². The monoisotopic (exact) mass is 327 g/mol. The van der Waals surface area contributed by atoms with Crippen LogP contribution in [0.15, 0.2) is 10.8 Å². The number of nitrogens with zero attached hydrogens (tertiary/aromatic N) is 2. The molecule has 1 N–H and O–H groups in total. The van der Waals surface area contributed by atoms with Crippen molar-refractivity contribution < 1.29 is 4.79 Å². The second-order valence-electron chi connectivity index (χ2n) is 4.22. The van der Waals surface area contributed by atoms with E-state index in [2.05, 4.69) is 28.5 Å². The number of thioether (sulfide) groups is 1. The third-order valence-corrected chi connectivity index (χ3v) is 5.10. The van der Waals surface area contributed by atoms with Crippen molar-refractivity contribution in [1.82, 2.24) is 15.3 Å². The molecular formula is C13H17N3OS3. The van der Waals surface area contributed by atoms with Crippen LogP contribution in [-0.4, -0.2) is 22.1 Å². The van der Waals surface area contributed by atoms with Gasteiger partial charge in [0, 0.05) is 16.5 Å². The van der Waals surface area contributed by atoms with Crippen LogP contribution in [0.2, 0.25) is 0 Å². The fraction of sp³-hybridized carbons (Fsp3) is 0.462. The van der Waals surface area contributed by atoms with E-state index in [0.717, 1.165) is 34.3 Å². The summed E-state index contributed by atoms with van der Waals surface area (Å²) < 4.78 is 0. The highest BCUT2D eigenvalue weighted by Crippen LogP contribution is 2.15. The van der Waals surface area contributed by atoms with Gasteiger partial charge in [-0.25, -0.2) is 9.97 Å². The van der Waals surface area contributed by atoms with Crippen molar-refractivity contribution in [3.05, 3.63) is 32.2 Å². The highest BCUT2D eigenvalue weighted by molar-refractivity contribution is 7.97. The van der Waals surface area contributed by atoms with Crippen LogP contribution in [0.4, 0.5) is 0 Å². The summed E-state index contributed by atoms with van der Waals surface area (Å²) in [5, 5.41) is 8.80. The number of hydrogen-bond donors (Lipinski definition) is 1. The molecule has 0 bridgehead atoms. The Morgan fingerprint density at radius 3 is 2.85 bits per heavy atom. The lowest BCUT2D eigenvalue weighted by molar-refractivity contribution is 0.0946. The van der Waals surface area contributed by atoms with Gasteiger partial charge in [0.25, 0.3) is 5.91 Å². The molecule has 2 aromatic heterocycles. The fourth-order valence-electron chi connectivity index (χ4n) is 1.63. The molecule has 1 amide bonds. The van der Waals surface area contributed by atoms with Crippen molar-refractivity contribution in [2.75, 3.05) is 6.26 Å². The third-order valence-electron chi connectivity index (χ3n) is 2.55. The number of hydrogen-bond acceptors (Lipinski definition) is 6. The Labute approximate surface area is 131 Å². The summed E-state index contributed by atoms with van der Waals surface area (Å²) in [6, 6.07) is 0. The standard InChI is InChI=1S/C13H17N3OS3/c1-3-4-11-16-10(7-20-11)13(17)14-5-9-6-19-12(15-9)8-18-2/h6-7H,3-5,8H2,1-2H3,(H,14,17). The maximum absolute atomic E-state index is 12.0. The first-order chi connectivity index (χ1) is 9.72. The molecule has 0 saturated heterocycles. The Balaban J connectivity index is 1.87. The molecule has 0 saturated carbocycles. The minimum absolute atomic E-state index is 0.122. The molecule has 0 radical (unpaired) electrons. The maximum Gasteiger partial charge on any atom is 0.271 e. The van der Waals surface area contributed by atoms with Crippen LogP contribution in [0, 0.1) is 0 Å². The summed E-state index contributed by atoms with van der Waals surface area (Å²) in [7, 11) is 0. The number of nitrogens with one attached hydrogen (secondary N) is 1. The van der Waals surface area contributed by atoms with E-state index in [1.165, 1.54) is 0 Å². The van der Waals surface area contributed by atoms with Crippen LogP contribution in [0.5, 0.6) is 0 Å². The van der Waals surface area contributed by atoms with Gasteiger partial charge in [0.2, 0.25) is 0 Å². The average Bonchev–Trinajstić information content (AvgIpc) is 3.06. The molecule has 0 fully saturated rings. The first kappa shape index (κ1) is 15.5. The average molecular weight is 328 g/mol. The topological polar surface area (TPSA) is 54.9 Å². The van der Waals surface area contributed by atoms with Gasteiger partial charge < -0.3 is 5.32 Å². The van der Waals surface area contributed by atoms with Crippen molar-refractivity contribution in [1.29, 1.82) is 0 Å². The number of carbonyl (C=O) groups excluding carboxylic acids is 1. The van der Waals surface area contributed by atoms with Gasteiger partial charge >= 0.3 is 0 Å². The molecule has 0 aliphatic rings. The second kappa shape index (κ2) is 7.75. The Hall–Kier alpha value is -0.920. The molecule has 0 aromatic carbocycles. The zero-order valence-electron chi connectivity index (χ0n) is 11.5. The minimum atomic E-state index is -0.122. The smallest absolute Gasteiger partial charge is 0.271 e. The molecule has 108 valence electrons. The normalized spacial score (nSPS) is 10.7. The summed E-state index contributed by atoms with van der Waals surface area (Å²) in [5.41, 5.74) is 1.43. The molecule has 0 aliphatic carbocycles. The van der Waals surface area contributed by atoms with E-state index in [4.69, 9.17) is 0 Å². The highest BCUT2D eigenvalue weighted by Gasteiger charge is 2.11. The molecule has 0 aliphatic heterocycles. The SMILES string of the molecule is CCCc1nc(C(=O)NCc2csc(CSC)n2)cs1. The summed E-state index contributed by atoms with van der Waals surface area (Å²) in [5.74, 6) is 0.799. The highest BCUT2D eigenvalue weighted by atomic mass is 32.2. The maximum atomic E-state index is 12.0. The summed E-state index contributed by atoms with van der Waals surface area (Å²) in [6.45, 7) is 2.57. The van der Waals surface area contributed by atoms with E-state index in [0.29, 0.717) is 12.2 Å². The molecular weight excluding hydrogens is 310 g/mol. The predicted octanol–water partition coefficient (Wildman–Crippen LogP) is 3.35. The lowest BCUT2D eigenvalue weighted by Crippen LogP contribution is -2.23. The van der Waals surface area contributed by atoms with Gasteiger partial charge in [-0.15, -0.1) is 22.7 Å². The van der Waals surface area contributed by atoms with Crippen molar-refractivity contribution in [3.8, 4) is 0 Å². The van der Waals surface area contributed by atoms with Crippen LogP contribution in [0.1, 0.15) is 39.5 Å². The summed E-state index contributed by atoms with van der Waals surface area (Å²) >= 11 is 4.93. The van der Waals surface area contributed by atoms with E-state index in [1.807, 2.05) is 10.8 Å². The Bertz CT molecular complexity index is 565. The molecule has 4 nitrogen and oxygen atoms in total. The number of amides is 1. The van der Waals surface area contributed by atoms with Gasteiger partial charge in [0.05, 0.1) is 17.2 Å². The number of rotatable bonds is 7. The number of aromatic nitrogens is 2. The van der Waals surface area contributed by atoms with Gasteiger partial charge in [-0.2, -0.15) is 11.8 Å². The van der Waals surface area contributed by atoms with E-state index < -0.39 is 0 Å². The van der Waals surface area contributed by atoms with Gasteiger partial charge in [-0.1, -0.05) is 6.92 Å². The van der Waals surface area contributed by atoms with Crippen LogP contribution < -0.4 is 5.32 Å². The molecule has 20 heavy (non-hydrogen) atoms. The molecule has 2 aromatic rings. The van der Waals surface area contributed by atoms with E-state index >= 15 is 0 Å². The predicted molar refractivity (Wildman–Crippen MR) is 86.6 cm³/mol. The van der Waals surface area contributed by atoms with Crippen molar-refractivity contribution >= 4 is 40.3 Å². The molecule has 0 spiro atoms. The second-order valence-corrected chi connectivity index (χ2v) is 6.98. The van der Waals surface area contributed by atoms with Gasteiger partial charge in [0.1, 0.15) is 10.7 Å². The van der Waals surface area contributed by atoms with Crippen LogP contribution in [0.25, 0.3) is 0 Å². The van der Waals surface area contributed by atoms with E-state index in [-0.39, 0.29) is 5.91 Å². The Morgan fingerprint density at radius 1 is 1.30 bits per heavy atom. The van der Waals surface area contributed by atoms with Crippen LogP contribution in [-0.2, 0) is 18.7 Å². The quantitative estimate of drug-likeness (QED) is 0.847. The first-order valence-corrected chi connectivity index (χ1v) is 9.53. The molecule has 2 rings (SSSR count). The molecule has 0 unspecified atom stereocenters. The lowest BCUT2D eigenvalue weighted by Gasteiger charge is -2.00. The van der Waals surface area contributed by atoms with Gasteiger partial charge in [0.15, 0.2) is 0 Å². The van der Waals surface area contributed by atoms with Gasteiger partial charge in [-0.05, 0) is 19.1 Å². The van der Waals surface area contributed by atoms with E-state index in [9.17, 15) is 4.79 Å². The van der Waals surface area contributed by atoms with Gasteiger partial charge in [-0.3, -0.25) is 4.79 Å². The molecule has 2 heterocycles. The number of aryl methyl sites for hydroxylation is 1. The first-order valence-electron chi connectivity index (χ1n) is 6.37. The van der Waals surface area contributed by atoms with Crippen molar-refractivity contribution in [3.63, 3.8) is 0 Å². The zero-order chi connectivity index (χ0) is 14.4. The van der Waals surface area contributed by atoms with Crippen molar-refractivity contribution in [2.24, 2.45) is 0 Å². The Morgan fingerprint density at radius 2 is 2.10 bits per heavy atom. The van der Waals surface area contributed by atoms with Crippen LogP contribution in [0.3, 0.4) is 0 Å². The lowest BCUT2D eigenvalue weighted by atomic mass is 10.3. The summed E-state index contributed by atoms with van der Waals surface area (Å²) in [4.78, 5) is 20.8. The molecule has 0 atom stereocenters. The zero-order valence-corrected chi connectivity index (χ0v) is 14.0. The largest absolute Gasteiger partial charge is 0.345 e. The van der Waals surface area contributed by atoms with E-state index in [1.54, 1.807) is 34.4 Å². The third kappa shape index (κ3) is 4.29. The number of carbonyl (C=O) groups is 1. The molecule has 7 heteroatoms. The van der Waals surface area contributed by atoms with Crippen molar-refractivity contribution in [2.45, 2.75) is 32.1 Å².